The van der Waals surface area contributed by atoms with E-state index in [1.165, 1.54) is 11.8 Å². The lowest BCUT2D eigenvalue weighted by molar-refractivity contribution is 0.0374. The second kappa shape index (κ2) is 13.1. The van der Waals surface area contributed by atoms with Crippen molar-refractivity contribution in [2.75, 3.05) is 52.5 Å². The van der Waals surface area contributed by atoms with Gasteiger partial charge in [-0.05, 0) is 73.7 Å². The average molecular weight is 611 g/mol. The summed E-state index contributed by atoms with van der Waals surface area (Å²) in [5, 5.41) is 3.02. The number of carbonyl (C=O) groups excluding carboxylic acids is 1. The monoisotopic (exact) mass is 609 g/mol. The molecule has 2 aromatic rings. The molecule has 4 rings (SSSR count). The van der Waals surface area contributed by atoms with Gasteiger partial charge in [0.25, 0.3) is 5.91 Å². The molecular weight excluding hydrogens is 574 g/mol. The Kier molecular flexibility index (Phi) is 10.1. The van der Waals surface area contributed by atoms with E-state index in [-0.39, 0.29) is 10.8 Å². The highest BCUT2D eigenvalue weighted by molar-refractivity contribution is 9.10. The number of halogens is 1. The first-order valence-corrected chi connectivity index (χ1v) is 15.9. The lowest BCUT2D eigenvalue weighted by Gasteiger charge is -2.34. The fourth-order valence-corrected chi connectivity index (χ4v) is 7.84. The molecule has 2 fully saturated rings. The third kappa shape index (κ3) is 7.80. The maximum Gasteiger partial charge on any atom is 0.252 e. The number of piperidine rings is 1. The van der Waals surface area contributed by atoms with Gasteiger partial charge in [0, 0.05) is 47.0 Å². The molecule has 202 valence electrons. The predicted octanol–water partition coefficient (Wildman–Crippen LogP) is 4.72. The second-order valence-electron chi connectivity index (χ2n) is 10.0. The van der Waals surface area contributed by atoms with Crippen LogP contribution in [-0.4, -0.2) is 76.0 Å². The molecule has 0 bridgehead atoms. The van der Waals surface area contributed by atoms with Gasteiger partial charge in [0.05, 0.1) is 23.7 Å². The van der Waals surface area contributed by atoms with Gasteiger partial charge in [-0.25, -0.2) is 8.42 Å². The van der Waals surface area contributed by atoms with Crippen LogP contribution in [0.25, 0.3) is 0 Å². The maximum absolute atomic E-state index is 13.6. The lowest BCUT2D eigenvalue weighted by Crippen LogP contribution is -2.42. The minimum Gasteiger partial charge on any atom is -0.379 e. The van der Waals surface area contributed by atoms with Crippen LogP contribution in [0.3, 0.4) is 0 Å². The van der Waals surface area contributed by atoms with Crippen molar-refractivity contribution in [3.63, 3.8) is 0 Å². The number of hydrogen-bond acceptors (Lipinski definition) is 6. The zero-order valence-electron chi connectivity index (χ0n) is 21.5. The zero-order chi connectivity index (χ0) is 26.4. The molecule has 2 atom stereocenters. The van der Waals surface area contributed by atoms with Gasteiger partial charge in [0.1, 0.15) is 0 Å². The van der Waals surface area contributed by atoms with Gasteiger partial charge in [0.2, 0.25) is 10.0 Å². The van der Waals surface area contributed by atoms with Gasteiger partial charge >= 0.3 is 0 Å². The molecule has 0 aromatic heterocycles. The van der Waals surface area contributed by atoms with E-state index in [2.05, 4.69) is 40.0 Å². The molecule has 0 radical (unpaired) electrons. The summed E-state index contributed by atoms with van der Waals surface area (Å²) < 4.78 is 35.1. The molecule has 2 aliphatic rings. The van der Waals surface area contributed by atoms with Crippen LogP contribution in [0.15, 0.2) is 61.6 Å². The van der Waals surface area contributed by atoms with Crippen LogP contribution in [-0.2, 0) is 14.8 Å². The number of ether oxygens (including phenoxy) is 1. The fourth-order valence-electron chi connectivity index (χ4n) is 4.94. The molecule has 2 saturated heterocycles. The summed E-state index contributed by atoms with van der Waals surface area (Å²) in [6.45, 7) is 9.93. The molecule has 0 spiro atoms. The van der Waals surface area contributed by atoms with E-state index in [0.29, 0.717) is 37.0 Å². The zero-order valence-corrected chi connectivity index (χ0v) is 24.7. The number of nitrogens with one attached hydrogen (secondary N) is 1. The van der Waals surface area contributed by atoms with Crippen molar-refractivity contribution in [1.29, 1.82) is 0 Å². The maximum atomic E-state index is 13.6. The standard InChI is InChI=1S/C27H36BrN3O4S2/c1-20-16-21(2)19-31(18-20)37(33,34)24-8-9-26(36-23-6-4-22(28)5-7-23)25(17-24)27(32)29-10-3-11-30-12-14-35-15-13-30/h4-9,17,20-21H,3,10-16,18-19H2,1-2H3,(H,29,32)/t20-,21-/m0/s1. The highest BCUT2D eigenvalue weighted by Crippen LogP contribution is 2.34. The van der Waals surface area contributed by atoms with Crippen molar-refractivity contribution in [1.82, 2.24) is 14.5 Å². The summed E-state index contributed by atoms with van der Waals surface area (Å²) in [7, 11) is -3.70. The third-order valence-electron chi connectivity index (χ3n) is 6.75. The smallest absolute Gasteiger partial charge is 0.252 e. The number of carbonyl (C=O) groups is 1. The Morgan fingerprint density at radius 1 is 1.08 bits per heavy atom. The molecule has 1 N–H and O–H groups in total. The van der Waals surface area contributed by atoms with Crippen molar-refractivity contribution in [3.8, 4) is 0 Å². The van der Waals surface area contributed by atoms with Gasteiger partial charge in [-0.15, -0.1) is 0 Å². The van der Waals surface area contributed by atoms with E-state index >= 15 is 0 Å². The summed E-state index contributed by atoms with van der Waals surface area (Å²) in [6, 6.07) is 12.8. The van der Waals surface area contributed by atoms with Crippen molar-refractivity contribution >= 4 is 43.6 Å². The molecule has 1 amide bonds. The van der Waals surface area contributed by atoms with E-state index in [0.717, 1.165) is 60.0 Å². The molecule has 7 nitrogen and oxygen atoms in total. The second-order valence-corrected chi connectivity index (χ2v) is 14.0. The number of morpholine rings is 1. The molecule has 2 aliphatic heterocycles. The largest absolute Gasteiger partial charge is 0.379 e. The Morgan fingerprint density at radius 3 is 2.43 bits per heavy atom. The molecule has 37 heavy (non-hydrogen) atoms. The van der Waals surface area contributed by atoms with Crippen LogP contribution in [0.1, 0.15) is 37.0 Å². The molecule has 0 aliphatic carbocycles. The van der Waals surface area contributed by atoms with Crippen molar-refractivity contribution < 1.29 is 17.9 Å². The Balaban J connectivity index is 1.53. The van der Waals surface area contributed by atoms with Crippen LogP contribution in [0.4, 0.5) is 0 Å². The highest BCUT2D eigenvalue weighted by atomic mass is 79.9. The summed E-state index contributed by atoms with van der Waals surface area (Å²) in [6.07, 6.45) is 1.84. The van der Waals surface area contributed by atoms with E-state index in [4.69, 9.17) is 4.74 Å². The van der Waals surface area contributed by atoms with E-state index in [1.807, 2.05) is 24.3 Å². The molecule has 0 saturated carbocycles. The molecule has 0 unspecified atom stereocenters. The minimum absolute atomic E-state index is 0.174. The topological polar surface area (TPSA) is 79.0 Å². The summed E-state index contributed by atoms with van der Waals surface area (Å²) >= 11 is 4.91. The molecular formula is C27H36BrN3O4S2. The number of hydrogen-bond donors (Lipinski definition) is 1. The Hall–Kier alpha value is -1.43. The van der Waals surface area contributed by atoms with Gasteiger partial charge < -0.3 is 10.1 Å². The highest BCUT2D eigenvalue weighted by Gasteiger charge is 2.32. The van der Waals surface area contributed by atoms with Gasteiger partial charge in [-0.3, -0.25) is 9.69 Å². The van der Waals surface area contributed by atoms with Crippen molar-refractivity contribution in [2.24, 2.45) is 11.8 Å². The van der Waals surface area contributed by atoms with Crippen LogP contribution >= 0.6 is 27.7 Å². The third-order valence-corrected chi connectivity index (χ3v) is 10.2. The minimum atomic E-state index is -3.70. The first-order valence-electron chi connectivity index (χ1n) is 12.9. The van der Waals surface area contributed by atoms with Crippen LogP contribution in [0, 0.1) is 11.8 Å². The quantitative estimate of drug-likeness (QED) is 0.415. The van der Waals surface area contributed by atoms with Crippen LogP contribution < -0.4 is 5.32 Å². The average Bonchev–Trinajstić information content (AvgIpc) is 2.88. The van der Waals surface area contributed by atoms with E-state index < -0.39 is 10.0 Å². The van der Waals surface area contributed by atoms with E-state index in [1.54, 1.807) is 22.5 Å². The lowest BCUT2D eigenvalue weighted by atomic mass is 9.94. The predicted molar refractivity (Wildman–Crippen MR) is 151 cm³/mol. The number of sulfonamides is 1. The van der Waals surface area contributed by atoms with Gasteiger partial charge in [-0.1, -0.05) is 41.5 Å². The number of rotatable bonds is 9. The summed E-state index contributed by atoms with van der Waals surface area (Å²) in [5.74, 6) is 0.360. The number of amides is 1. The Labute approximate surface area is 233 Å². The molecule has 2 heterocycles. The van der Waals surface area contributed by atoms with E-state index in [9.17, 15) is 13.2 Å². The van der Waals surface area contributed by atoms with Gasteiger partial charge in [0.15, 0.2) is 0 Å². The molecule has 2 aromatic carbocycles. The summed E-state index contributed by atoms with van der Waals surface area (Å²) in [5.41, 5.74) is 0.387. The Morgan fingerprint density at radius 2 is 1.76 bits per heavy atom. The van der Waals surface area contributed by atoms with Gasteiger partial charge in [-0.2, -0.15) is 4.31 Å². The summed E-state index contributed by atoms with van der Waals surface area (Å²) in [4.78, 5) is 17.6. The Bertz CT molecular complexity index is 1160. The first kappa shape index (κ1) is 28.6. The van der Waals surface area contributed by atoms with Crippen molar-refractivity contribution in [2.45, 2.75) is 41.4 Å². The van der Waals surface area contributed by atoms with Crippen molar-refractivity contribution in [3.05, 3.63) is 52.5 Å². The fraction of sp³-hybridized carbons (Fsp3) is 0.519. The number of benzene rings is 2. The normalized spacial score (nSPS) is 21.6. The number of nitrogens with zero attached hydrogens (tertiary/aromatic N) is 2. The van der Waals surface area contributed by atoms with Crippen LogP contribution in [0.2, 0.25) is 0 Å². The molecule has 10 heteroatoms. The first-order chi connectivity index (χ1) is 17.7. The SMILES string of the molecule is C[C@H]1C[C@H](C)CN(S(=O)(=O)c2ccc(Sc3ccc(Br)cc3)c(C(=O)NCCCN3CCOCC3)c2)C1. The van der Waals surface area contributed by atoms with Crippen LogP contribution in [0.5, 0.6) is 0 Å².